The summed E-state index contributed by atoms with van der Waals surface area (Å²) in [6, 6.07) is 2.34. The highest BCUT2D eigenvalue weighted by Gasteiger charge is 2.30. The van der Waals surface area contributed by atoms with E-state index in [1.807, 2.05) is 18.0 Å². The molecule has 0 unspecified atom stereocenters. The number of piperidine rings is 1. The van der Waals surface area contributed by atoms with Gasteiger partial charge >= 0.3 is 0 Å². The summed E-state index contributed by atoms with van der Waals surface area (Å²) in [5, 5.41) is 5.19. The number of aryl methyl sites for hydroxylation is 1. The topological polar surface area (TPSA) is 51.0 Å². The number of fused-ring (bicyclic) bond motifs is 1. The second-order valence-corrected chi connectivity index (χ2v) is 6.72. The highest BCUT2D eigenvalue weighted by Crippen LogP contribution is 2.40. The van der Waals surface area contributed by atoms with Crippen molar-refractivity contribution in [1.29, 1.82) is 0 Å². The smallest absolute Gasteiger partial charge is 0.254 e. The molecule has 2 fully saturated rings. The van der Waals surface area contributed by atoms with Gasteiger partial charge in [-0.1, -0.05) is 0 Å². The molecule has 0 spiro atoms. The molecule has 1 atom stereocenters. The molecule has 1 aliphatic heterocycles. The predicted molar refractivity (Wildman–Crippen MR) is 84.8 cm³/mol. The van der Waals surface area contributed by atoms with Gasteiger partial charge in [0.15, 0.2) is 5.65 Å². The summed E-state index contributed by atoms with van der Waals surface area (Å²) >= 11 is 0. The molecule has 1 amide bonds. The van der Waals surface area contributed by atoms with Gasteiger partial charge in [0.25, 0.3) is 5.91 Å². The molecule has 22 heavy (non-hydrogen) atoms. The summed E-state index contributed by atoms with van der Waals surface area (Å²) in [6.45, 7) is 3.02. The van der Waals surface area contributed by atoms with Crippen LogP contribution in [0.15, 0.2) is 12.3 Å². The van der Waals surface area contributed by atoms with Crippen LogP contribution < -0.4 is 0 Å². The number of nitrogens with zero attached hydrogens (tertiary/aromatic N) is 4. The van der Waals surface area contributed by atoms with Gasteiger partial charge < -0.3 is 4.90 Å². The number of hydrogen-bond donors (Lipinski definition) is 0. The van der Waals surface area contributed by atoms with E-state index in [0.29, 0.717) is 12.0 Å². The third-order valence-corrected chi connectivity index (χ3v) is 5.01. The lowest BCUT2D eigenvalue weighted by molar-refractivity contribution is 0.0637. The molecule has 2 aliphatic rings. The molecule has 2 aromatic rings. The van der Waals surface area contributed by atoms with E-state index in [0.717, 1.165) is 41.7 Å². The molecule has 2 aromatic heterocycles. The van der Waals surface area contributed by atoms with E-state index in [2.05, 4.69) is 12.0 Å². The van der Waals surface area contributed by atoms with Gasteiger partial charge in [-0.2, -0.15) is 5.10 Å². The summed E-state index contributed by atoms with van der Waals surface area (Å²) in [4.78, 5) is 19.9. The standard InChI is InChI=1S/C17H22N4O/c1-11-5-3-4-8-21(11)17(22)13-9-15(12-6-7-12)19-16-14(13)10-18-20(16)2/h9-12H,3-8H2,1-2H3/t11-/m0/s1. The lowest BCUT2D eigenvalue weighted by Gasteiger charge is -2.33. The van der Waals surface area contributed by atoms with Gasteiger partial charge in [-0.25, -0.2) is 4.98 Å². The molecule has 1 saturated carbocycles. The van der Waals surface area contributed by atoms with Crippen molar-refractivity contribution < 1.29 is 4.79 Å². The van der Waals surface area contributed by atoms with Crippen molar-refractivity contribution in [3.05, 3.63) is 23.5 Å². The average molecular weight is 298 g/mol. The lowest BCUT2D eigenvalue weighted by atomic mass is 10.0. The van der Waals surface area contributed by atoms with E-state index in [9.17, 15) is 4.79 Å². The Morgan fingerprint density at radius 3 is 2.82 bits per heavy atom. The minimum Gasteiger partial charge on any atom is -0.336 e. The SMILES string of the molecule is C[C@H]1CCCCN1C(=O)c1cc(C2CC2)nc2c1cnn2C. The van der Waals surface area contributed by atoms with Gasteiger partial charge in [-0.3, -0.25) is 9.48 Å². The van der Waals surface area contributed by atoms with Crippen molar-refractivity contribution >= 4 is 16.9 Å². The minimum atomic E-state index is 0.148. The van der Waals surface area contributed by atoms with Crippen molar-refractivity contribution in [2.75, 3.05) is 6.54 Å². The van der Waals surface area contributed by atoms with Crippen LogP contribution in [0.4, 0.5) is 0 Å². The molecule has 116 valence electrons. The maximum absolute atomic E-state index is 13.1. The summed E-state index contributed by atoms with van der Waals surface area (Å²) in [5.74, 6) is 0.680. The number of likely N-dealkylation sites (tertiary alicyclic amines) is 1. The van der Waals surface area contributed by atoms with E-state index >= 15 is 0 Å². The Balaban J connectivity index is 1.80. The third-order valence-electron chi connectivity index (χ3n) is 5.01. The molecule has 1 aliphatic carbocycles. The zero-order valence-corrected chi connectivity index (χ0v) is 13.2. The second kappa shape index (κ2) is 5.07. The first-order chi connectivity index (χ1) is 10.6. The van der Waals surface area contributed by atoms with Gasteiger partial charge in [-0.05, 0) is 45.1 Å². The Labute approximate surface area is 130 Å². The zero-order chi connectivity index (χ0) is 15.3. The van der Waals surface area contributed by atoms with Crippen LogP contribution >= 0.6 is 0 Å². The Kier molecular flexibility index (Phi) is 3.17. The van der Waals surface area contributed by atoms with Crippen molar-refractivity contribution in [1.82, 2.24) is 19.7 Å². The highest BCUT2D eigenvalue weighted by molar-refractivity contribution is 6.05. The molecule has 3 heterocycles. The molecule has 1 saturated heterocycles. The first kappa shape index (κ1) is 13.7. The van der Waals surface area contributed by atoms with Crippen molar-refractivity contribution in [3.8, 4) is 0 Å². The van der Waals surface area contributed by atoms with Crippen LogP contribution in [0.25, 0.3) is 11.0 Å². The average Bonchev–Trinajstić information content (AvgIpc) is 3.31. The Hall–Kier alpha value is -1.91. The highest BCUT2D eigenvalue weighted by atomic mass is 16.2. The largest absolute Gasteiger partial charge is 0.336 e. The monoisotopic (exact) mass is 298 g/mol. The maximum Gasteiger partial charge on any atom is 0.254 e. The number of pyridine rings is 1. The Bertz CT molecular complexity index is 732. The van der Waals surface area contributed by atoms with Crippen LogP contribution in [-0.4, -0.2) is 38.2 Å². The number of rotatable bonds is 2. The molecular formula is C17H22N4O. The van der Waals surface area contributed by atoms with E-state index in [4.69, 9.17) is 4.98 Å². The van der Waals surface area contributed by atoms with Crippen LogP contribution in [-0.2, 0) is 7.05 Å². The fourth-order valence-electron chi connectivity index (χ4n) is 3.45. The second-order valence-electron chi connectivity index (χ2n) is 6.72. The normalized spacial score (nSPS) is 22.3. The van der Waals surface area contributed by atoms with E-state index in [-0.39, 0.29) is 5.91 Å². The zero-order valence-electron chi connectivity index (χ0n) is 13.2. The number of carbonyl (C=O) groups excluding carboxylic acids is 1. The van der Waals surface area contributed by atoms with E-state index in [1.54, 1.807) is 10.9 Å². The first-order valence-electron chi connectivity index (χ1n) is 8.29. The van der Waals surface area contributed by atoms with Crippen molar-refractivity contribution in [3.63, 3.8) is 0 Å². The maximum atomic E-state index is 13.1. The van der Waals surface area contributed by atoms with Crippen LogP contribution in [0.3, 0.4) is 0 Å². The molecule has 5 heteroatoms. The fraction of sp³-hybridized carbons (Fsp3) is 0.588. The molecular weight excluding hydrogens is 276 g/mol. The molecule has 4 rings (SSSR count). The van der Waals surface area contributed by atoms with Crippen LogP contribution in [0.2, 0.25) is 0 Å². The molecule has 5 nitrogen and oxygen atoms in total. The van der Waals surface area contributed by atoms with Gasteiger partial charge in [0.2, 0.25) is 0 Å². The fourth-order valence-corrected chi connectivity index (χ4v) is 3.45. The summed E-state index contributed by atoms with van der Waals surface area (Å²) in [7, 11) is 1.89. The minimum absolute atomic E-state index is 0.148. The first-order valence-corrected chi connectivity index (χ1v) is 8.29. The molecule has 0 N–H and O–H groups in total. The van der Waals surface area contributed by atoms with Gasteiger partial charge in [0, 0.05) is 31.2 Å². The summed E-state index contributed by atoms with van der Waals surface area (Å²) in [6.07, 6.45) is 7.57. The molecule has 0 radical (unpaired) electrons. The van der Waals surface area contributed by atoms with Gasteiger partial charge in [0.05, 0.1) is 17.1 Å². The number of hydrogen-bond acceptors (Lipinski definition) is 3. The Morgan fingerprint density at radius 1 is 1.27 bits per heavy atom. The van der Waals surface area contributed by atoms with E-state index in [1.165, 1.54) is 19.3 Å². The third kappa shape index (κ3) is 2.19. The van der Waals surface area contributed by atoms with Crippen LogP contribution in [0.1, 0.15) is 61.0 Å². The molecule has 0 bridgehead atoms. The van der Waals surface area contributed by atoms with Crippen molar-refractivity contribution in [2.24, 2.45) is 7.05 Å². The van der Waals surface area contributed by atoms with Crippen LogP contribution in [0, 0.1) is 0 Å². The van der Waals surface area contributed by atoms with Gasteiger partial charge in [0.1, 0.15) is 0 Å². The molecule has 0 aromatic carbocycles. The number of aromatic nitrogens is 3. The predicted octanol–water partition coefficient (Wildman–Crippen LogP) is 2.86. The summed E-state index contributed by atoms with van der Waals surface area (Å²) < 4.78 is 1.78. The number of amides is 1. The quantitative estimate of drug-likeness (QED) is 0.856. The van der Waals surface area contributed by atoms with Crippen molar-refractivity contribution in [2.45, 2.75) is 51.0 Å². The van der Waals surface area contributed by atoms with Gasteiger partial charge in [-0.15, -0.1) is 0 Å². The van der Waals surface area contributed by atoms with Crippen LogP contribution in [0.5, 0.6) is 0 Å². The summed E-state index contributed by atoms with van der Waals surface area (Å²) in [5.41, 5.74) is 2.68. The lowest BCUT2D eigenvalue weighted by Crippen LogP contribution is -2.42. The number of carbonyl (C=O) groups is 1. The Morgan fingerprint density at radius 2 is 2.09 bits per heavy atom. The van der Waals surface area contributed by atoms with E-state index < -0.39 is 0 Å².